The highest BCUT2D eigenvalue weighted by Gasteiger charge is 2.51. The molecule has 132 valence electrons. The SMILES string of the molecule is CC(=O)N(C)C1CCN(C(=O)[C@@]23CCCC[C@H]2CNC3)CC1.Cl. The van der Waals surface area contributed by atoms with Gasteiger partial charge in [-0.15, -0.1) is 12.4 Å². The molecule has 0 aromatic heterocycles. The van der Waals surface area contributed by atoms with Crippen LogP contribution in [0.25, 0.3) is 0 Å². The van der Waals surface area contributed by atoms with Gasteiger partial charge in [0.2, 0.25) is 11.8 Å². The number of hydrogen-bond donors (Lipinski definition) is 1. The Morgan fingerprint density at radius 2 is 1.87 bits per heavy atom. The minimum atomic E-state index is -0.127. The van der Waals surface area contributed by atoms with Crippen LogP contribution in [0.3, 0.4) is 0 Å². The van der Waals surface area contributed by atoms with Gasteiger partial charge in [-0.2, -0.15) is 0 Å². The molecule has 2 amide bonds. The summed E-state index contributed by atoms with van der Waals surface area (Å²) in [6.45, 7) is 5.09. The Hall–Kier alpha value is -0.810. The number of likely N-dealkylation sites (tertiary alicyclic amines) is 1. The number of carbonyl (C=O) groups excluding carboxylic acids is 2. The summed E-state index contributed by atoms with van der Waals surface area (Å²) in [5.41, 5.74) is -0.127. The lowest BCUT2D eigenvalue weighted by atomic mass is 9.67. The summed E-state index contributed by atoms with van der Waals surface area (Å²) in [5, 5.41) is 3.47. The molecule has 1 saturated carbocycles. The fourth-order valence-corrected chi connectivity index (χ4v) is 4.70. The van der Waals surface area contributed by atoms with E-state index in [1.807, 2.05) is 11.9 Å². The minimum absolute atomic E-state index is 0. The fourth-order valence-electron chi connectivity index (χ4n) is 4.70. The van der Waals surface area contributed by atoms with Crippen LogP contribution in [0.2, 0.25) is 0 Å². The molecule has 3 fully saturated rings. The van der Waals surface area contributed by atoms with Gasteiger partial charge in [0, 0.05) is 39.6 Å². The number of fused-ring (bicyclic) bond motifs is 1. The van der Waals surface area contributed by atoms with Crippen molar-refractivity contribution in [1.29, 1.82) is 0 Å². The summed E-state index contributed by atoms with van der Waals surface area (Å²) in [7, 11) is 1.88. The van der Waals surface area contributed by atoms with Crippen LogP contribution in [-0.4, -0.2) is 60.9 Å². The van der Waals surface area contributed by atoms with Gasteiger partial charge >= 0.3 is 0 Å². The van der Waals surface area contributed by atoms with E-state index in [1.165, 1.54) is 19.3 Å². The summed E-state index contributed by atoms with van der Waals surface area (Å²) in [6, 6.07) is 0.294. The van der Waals surface area contributed by atoms with Crippen molar-refractivity contribution < 1.29 is 9.59 Å². The van der Waals surface area contributed by atoms with E-state index in [-0.39, 0.29) is 23.7 Å². The van der Waals surface area contributed by atoms with Crippen molar-refractivity contribution in [3.8, 4) is 0 Å². The lowest BCUT2D eigenvalue weighted by molar-refractivity contribution is -0.147. The first-order chi connectivity index (χ1) is 10.5. The Morgan fingerprint density at radius 1 is 1.17 bits per heavy atom. The highest BCUT2D eigenvalue weighted by atomic mass is 35.5. The van der Waals surface area contributed by atoms with E-state index >= 15 is 0 Å². The van der Waals surface area contributed by atoms with Gasteiger partial charge in [-0.3, -0.25) is 9.59 Å². The first-order valence-corrected chi connectivity index (χ1v) is 8.78. The fraction of sp³-hybridized carbons (Fsp3) is 0.882. The van der Waals surface area contributed by atoms with E-state index in [9.17, 15) is 9.59 Å². The Labute approximate surface area is 145 Å². The quantitative estimate of drug-likeness (QED) is 0.829. The van der Waals surface area contributed by atoms with Crippen molar-refractivity contribution in [3.05, 3.63) is 0 Å². The number of carbonyl (C=O) groups is 2. The molecular weight excluding hydrogens is 314 g/mol. The zero-order valence-corrected chi connectivity index (χ0v) is 15.2. The van der Waals surface area contributed by atoms with E-state index in [4.69, 9.17) is 0 Å². The predicted octanol–water partition coefficient (Wildman–Crippen LogP) is 1.66. The lowest BCUT2D eigenvalue weighted by Crippen LogP contribution is -2.54. The van der Waals surface area contributed by atoms with Gasteiger partial charge in [0.15, 0.2) is 0 Å². The number of rotatable bonds is 2. The van der Waals surface area contributed by atoms with Gasteiger partial charge in [-0.05, 0) is 38.1 Å². The largest absolute Gasteiger partial charge is 0.343 e. The van der Waals surface area contributed by atoms with E-state index in [0.29, 0.717) is 17.9 Å². The molecule has 0 bridgehead atoms. The van der Waals surface area contributed by atoms with E-state index < -0.39 is 0 Å². The molecular formula is C17H30ClN3O2. The molecule has 0 aromatic rings. The summed E-state index contributed by atoms with van der Waals surface area (Å²) >= 11 is 0. The molecule has 2 heterocycles. The average molecular weight is 344 g/mol. The van der Waals surface area contributed by atoms with Crippen LogP contribution >= 0.6 is 12.4 Å². The number of hydrogen-bond acceptors (Lipinski definition) is 3. The van der Waals surface area contributed by atoms with Crippen LogP contribution in [0.4, 0.5) is 0 Å². The van der Waals surface area contributed by atoms with E-state index in [0.717, 1.165) is 45.4 Å². The molecule has 5 nitrogen and oxygen atoms in total. The van der Waals surface area contributed by atoms with Gasteiger partial charge in [0.25, 0.3) is 0 Å². The molecule has 1 N–H and O–H groups in total. The van der Waals surface area contributed by atoms with Crippen LogP contribution in [0.15, 0.2) is 0 Å². The van der Waals surface area contributed by atoms with Crippen molar-refractivity contribution in [2.24, 2.45) is 11.3 Å². The lowest BCUT2D eigenvalue weighted by Gasteiger charge is -2.44. The third kappa shape index (κ3) is 3.36. The molecule has 1 aliphatic carbocycles. The normalized spacial score (nSPS) is 31.2. The van der Waals surface area contributed by atoms with E-state index in [1.54, 1.807) is 6.92 Å². The van der Waals surface area contributed by atoms with Crippen LogP contribution in [-0.2, 0) is 9.59 Å². The van der Waals surface area contributed by atoms with Crippen molar-refractivity contribution in [3.63, 3.8) is 0 Å². The van der Waals surface area contributed by atoms with Crippen molar-refractivity contribution in [2.75, 3.05) is 33.2 Å². The second kappa shape index (κ2) is 7.39. The summed E-state index contributed by atoms with van der Waals surface area (Å²) in [6.07, 6.45) is 6.53. The third-order valence-corrected chi connectivity index (χ3v) is 6.26. The number of halogens is 1. The van der Waals surface area contributed by atoms with Crippen LogP contribution < -0.4 is 5.32 Å². The van der Waals surface area contributed by atoms with Gasteiger partial charge in [0.1, 0.15) is 0 Å². The highest BCUT2D eigenvalue weighted by Crippen LogP contribution is 2.45. The molecule has 0 aromatic carbocycles. The molecule has 6 heteroatoms. The zero-order chi connectivity index (χ0) is 15.7. The molecule has 3 aliphatic rings. The van der Waals surface area contributed by atoms with Crippen molar-refractivity contribution in [2.45, 2.75) is 51.5 Å². The summed E-state index contributed by atoms with van der Waals surface area (Å²) in [5.74, 6) is 1.04. The first-order valence-electron chi connectivity index (χ1n) is 8.78. The number of piperidine rings is 1. The molecule has 0 unspecified atom stereocenters. The molecule has 3 rings (SSSR count). The number of nitrogens with one attached hydrogen (secondary N) is 1. The Kier molecular flexibility index (Phi) is 5.95. The van der Waals surface area contributed by atoms with Gasteiger partial charge < -0.3 is 15.1 Å². The molecule has 2 saturated heterocycles. The standard InChI is InChI=1S/C17H29N3O2.ClH/c1-13(21)19(2)15-6-9-20(10-7-15)16(22)17-8-4-3-5-14(17)11-18-12-17;/h14-15,18H,3-12H2,1-2H3;1H/t14-,17+;/m0./s1. The Morgan fingerprint density at radius 3 is 2.52 bits per heavy atom. The van der Waals surface area contributed by atoms with Gasteiger partial charge in [-0.25, -0.2) is 0 Å². The smallest absolute Gasteiger partial charge is 0.230 e. The summed E-state index contributed by atoms with van der Waals surface area (Å²) in [4.78, 5) is 28.6. The van der Waals surface area contributed by atoms with Crippen molar-refractivity contribution >= 4 is 24.2 Å². The molecule has 0 spiro atoms. The average Bonchev–Trinajstić information content (AvgIpc) is 2.98. The maximum absolute atomic E-state index is 13.2. The van der Waals surface area contributed by atoms with Crippen LogP contribution in [0, 0.1) is 11.3 Å². The Balaban J connectivity index is 0.00000192. The molecule has 23 heavy (non-hydrogen) atoms. The van der Waals surface area contributed by atoms with Crippen LogP contribution in [0.5, 0.6) is 0 Å². The number of nitrogens with zero attached hydrogens (tertiary/aromatic N) is 2. The Bertz CT molecular complexity index is 451. The summed E-state index contributed by atoms with van der Waals surface area (Å²) < 4.78 is 0. The number of amides is 2. The second-order valence-electron chi connectivity index (χ2n) is 7.38. The first kappa shape index (κ1) is 18.5. The third-order valence-electron chi connectivity index (χ3n) is 6.26. The van der Waals surface area contributed by atoms with Gasteiger partial charge in [0.05, 0.1) is 5.41 Å². The molecule has 0 radical (unpaired) electrons. The predicted molar refractivity (Wildman–Crippen MR) is 92.6 cm³/mol. The van der Waals surface area contributed by atoms with Crippen molar-refractivity contribution in [1.82, 2.24) is 15.1 Å². The second-order valence-corrected chi connectivity index (χ2v) is 7.38. The van der Waals surface area contributed by atoms with Gasteiger partial charge in [-0.1, -0.05) is 12.8 Å². The van der Waals surface area contributed by atoms with E-state index in [2.05, 4.69) is 10.2 Å². The highest BCUT2D eigenvalue weighted by molar-refractivity contribution is 5.85. The minimum Gasteiger partial charge on any atom is -0.343 e. The maximum atomic E-state index is 13.2. The van der Waals surface area contributed by atoms with Crippen LogP contribution in [0.1, 0.15) is 45.4 Å². The zero-order valence-electron chi connectivity index (χ0n) is 14.3. The topological polar surface area (TPSA) is 52.7 Å². The maximum Gasteiger partial charge on any atom is 0.230 e. The molecule has 2 atom stereocenters. The monoisotopic (exact) mass is 343 g/mol. The molecule has 2 aliphatic heterocycles.